The molecule has 0 atom stereocenters. The van der Waals surface area contributed by atoms with Crippen molar-refractivity contribution < 1.29 is 9.53 Å². The third-order valence-corrected chi connectivity index (χ3v) is 5.33. The number of fused-ring (bicyclic) bond motifs is 1. The van der Waals surface area contributed by atoms with Gasteiger partial charge in [-0.3, -0.25) is 4.79 Å². The minimum atomic E-state index is -0.0353. The first-order chi connectivity index (χ1) is 13.2. The first kappa shape index (κ1) is 19.4. The van der Waals surface area contributed by atoms with Crippen molar-refractivity contribution in [2.45, 2.75) is 32.1 Å². The van der Waals surface area contributed by atoms with E-state index >= 15 is 0 Å². The number of hydrogen-bond donors (Lipinski definition) is 1. The summed E-state index contributed by atoms with van der Waals surface area (Å²) in [7, 11) is 1.61. The highest BCUT2D eigenvalue weighted by molar-refractivity contribution is 7.99. The van der Waals surface area contributed by atoms with Crippen LogP contribution in [-0.4, -0.2) is 51.3 Å². The Labute approximate surface area is 163 Å². The highest BCUT2D eigenvalue weighted by Crippen LogP contribution is 2.31. The smallest absolute Gasteiger partial charge is 0.230 e. The second kappa shape index (κ2) is 9.05. The van der Waals surface area contributed by atoms with Crippen LogP contribution >= 0.6 is 11.8 Å². The molecule has 0 radical (unpaired) electrons. The fourth-order valence-electron chi connectivity index (χ4n) is 3.04. The van der Waals surface area contributed by atoms with Gasteiger partial charge in [-0.2, -0.15) is 0 Å². The molecular weight excluding hydrogens is 362 g/mol. The SMILES string of the molecule is CCn1c(SCC(=O)NCCOC)nnc1-c1cn(CC)c2ccccc12. The van der Waals surface area contributed by atoms with Gasteiger partial charge in [0.1, 0.15) is 0 Å². The number of hydrogen-bond acceptors (Lipinski definition) is 5. The van der Waals surface area contributed by atoms with E-state index in [4.69, 9.17) is 4.74 Å². The van der Waals surface area contributed by atoms with E-state index in [1.165, 1.54) is 17.3 Å². The Hall–Kier alpha value is -2.32. The summed E-state index contributed by atoms with van der Waals surface area (Å²) in [5, 5.41) is 13.5. The summed E-state index contributed by atoms with van der Waals surface area (Å²) >= 11 is 1.40. The lowest BCUT2D eigenvalue weighted by molar-refractivity contribution is -0.118. The van der Waals surface area contributed by atoms with E-state index in [-0.39, 0.29) is 5.91 Å². The molecular formula is C19H25N5O2S. The molecule has 0 saturated carbocycles. The molecule has 0 saturated heterocycles. The number of methoxy groups -OCH3 is 1. The van der Waals surface area contributed by atoms with Gasteiger partial charge in [0.25, 0.3) is 0 Å². The van der Waals surface area contributed by atoms with Crippen LogP contribution in [0, 0.1) is 0 Å². The minimum absolute atomic E-state index is 0.0353. The van der Waals surface area contributed by atoms with E-state index in [9.17, 15) is 4.79 Å². The predicted octanol–water partition coefficient (Wildman–Crippen LogP) is 2.79. The number of nitrogens with zero attached hydrogens (tertiary/aromatic N) is 4. The van der Waals surface area contributed by atoms with Crippen LogP contribution in [0.1, 0.15) is 13.8 Å². The van der Waals surface area contributed by atoms with Crippen LogP contribution in [-0.2, 0) is 22.6 Å². The van der Waals surface area contributed by atoms with Gasteiger partial charge in [-0.1, -0.05) is 30.0 Å². The summed E-state index contributed by atoms with van der Waals surface area (Å²) in [6.07, 6.45) is 2.13. The normalized spacial score (nSPS) is 11.2. The minimum Gasteiger partial charge on any atom is -0.383 e. The van der Waals surface area contributed by atoms with Crippen LogP contribution in [0.15, 0.2) is 35.6 Å². The molecule has 8 heteroatoms. The molecule has 3 rings (SSSR count). The van der Waals surface area contributed by atoms with Gasteiger partial charge in [-0.05, 0) is 19.9 Å². The average molecular weight is 388 g/mol. The standard InChI is InChI=1S/C19H25N5O2S/c1-4-23-12-15(14-8-6-7-9-16(14)23)18-21-22-19(24(18)5-2)27-13-17(25)20-10-11-26-3/h6-9,12H,4-5,10-11,13H2,1-3H3,(H,20,25). The van der Waals surface area contributed by atoms with E-state index in [2.05, 4.69) is 56.8 Å². The number of carbonyl (C=O) groups is 1. The van der Waals surface area contributed by atoms with Crippen molar-refractivity contribution in [3.63, 3.8) is 0 Å². The highest BCUT2D eigenvalue weighted by atomic mass is 32.2. The summed E-state index contributed by atoms with van der Waals surface area (Å²) in [6.45, 7) is 6.84. The van der Waals surface area contributed by atoms with Crippen molar-refractivity contribution in [3.8, 4) is 11.4 Å². The number of benzene rings is 1. The molecule has 0 fully saturated rings. The molecule has 2 aromatic heterocycles. The number of para-hydroxylation sites is 1. The monoisotopic (exact) mass is 387 g/mol. The molecule has 0 aliphatic rings. The molecule has 2 heterocycles. The van der Waals surface area contributed by atoms with Crippen LogP contribution in [0.4, 0.5) is 0 Å². The number of aryl methyl sites for hydroxylation is 1. The van der Waals surface area contributed by atoms with E-state index in [0.717, 1.165) is 35.0 Å². The highest BCUT2D eigenvalue weighted by Gasteiger charge is 2.18. The molecule has 3 aromatic rings. The first-order valence-electron chi connectivity index (χ1n) is 9.09. The Morgan fingerprint density at radius 1 is 1.22 bits per heavy atom. The third kappa shape index (κ3) is 4.17. The number of ether oxygens (including phenoxy) is 1. The number of nitrogens with one attached hydrogen (secondary N) is 1. The molecule has 0 aliphatic carbocycles. The summed E-state index contributed by atoms with van der Waals surface area (Å²) in [5.74, 6) is 1.11. The van der Waals surface area contributed by atoms with Gasteiger partial charge in [-0.25, -0.2) is 0 Å². The van der Waals surface area contributed by atoms with Crippen molar-refractivity contribution in [3.05, 3.63) is 30.5 Å². The third-order valence-electron chi connectivity index (χ3n) is 4.36. The van der Waals surface area contributed by atoms with E-state index in [0.29, 0.717) is 18.9 Å². The molecule has 0 spiro atoms. The van der Waals surface area contributed by atoms with Gasteiger partial charge in [0.15, 0.2) is 11.0 Å². The number of carbonyl (C=O) groups excluding carboxylic acids is 1. The molecule has 1 aromatic carbocycles. The van der Waals surface area contributed by atoms with Crippen LogP contribution in [0.5, 0.6) is 0 Å². The maximum absolute atomic E-state index is 11.9. The topological polar surface area (TPSA) is 74.0 Å². The van der Waals surface area contributed by atoms with Crippen molar-refractivity contribution in [1.29, 1.82) is 0 Å². The lowest BCUT2D eigenvalue weighted by atomic mass is 10.1. The summed E-state index contributed by atoms with van der Waals surface area (Å²) < 4.78 is 9.22. The zero-order chi connectivity index (χ0) is 19.2. The Kier molecular flexibility index (Phi) is 6.52. The van der Waals surface area contributed by atoms with Crippen LogP contribution in [0.25, 0.3) is 22.3 Å². The predicted molar refractivity (Wildman–Crippen MR) is 108 cm³/mol. The second-order valence-electron chi connectivity index (χ2n) is 6.03. The number of thioether (sulfide) groups is 1. The zero-order valence-electron chi connectivity index (χ0n) is 15.9. The van der Waals surface area contributed by atoms with E-state index in [1.807, 2.05) is 12.1 Å². The summed E-state index contributed by atoms with van der Waals surface area (Å²) in [5.41, 5.74) is 2.26. The van der Waals surface area contributed by atoms with Crippen molar-refractivity contribution in [2.75, 3.05) is 26.0 Å². The maximum Gasteiger partial charge on any atom is 0.230 e. The van der Waals surface area contributed by atoms with E-state index < -0.39 is 0 Å². The summed E-state index contributed by atoms with van der Waals surface area (Å²) in [4.78, 5) is 11.9. The lowest BCUT2D eigenvalue weighted by Gasteiger charge is -2.07. The van der Waals surface area contributed by atoms with Gasteiger partial charge in [-0.15, -0.1) is 10.2 Å². The van der Waals surface area contributed by atoms with Crippen LogP contribution in [0.2, 0.25) is 0 Å². The van der Waals surface area contributed by atoms with Crippen LogP contribution in [0.3, 0.4) is 0 Å². The zero-order valence-corrected chi connectivity index (χ0v) is 16.8. The van der Waals surface area contributed by atoms with Gasteiger partial charge in [0, 0.05) is 49.4 Å². The van der Waals surface area contributed by atoms with Gasteiger partial charge < -0.3 is 19.2 Å². The molecule has 1 amide bonds. The fourth-order valence-corrected chi connectivity index (χ4v) is 3.87. The van der Waals surface area contributed by atoms with Gasteiger partial charge in [0.05, 0.1) is 12.4 Å². The average Bonchev–Trinajstić information content (AvgIpc) is 3.27. The van der Waals surface area contributed by atoms with E-state index in [1.54, 1.807) is 7.11 Å². The number of aromatic nitrogens is 4. The van der Waals surface area contributed by atoms with Crippen molar-refractivity contribution in [2.24, 2.45) is 0 Å². The van der Waals surface area contributed by atoms with Crippen LogP contribution < -0.4 is 5.32 Å². The molecule has 0 unspecified atom stereocenters. The Bertz CT molecular complexity index is 918. The van der Waals surface area contributed by atoms with Gasteiger partial charge >= 0.3 is 0 Å². The van der Waals surface area contributed by atoms with Gasteiger partial charge in [0.2, 0.25) is 5.91 Å². The summed E-state index contributed by atoms with van der Waals surface area (Å²) in [6, 6.07) is 8.32. The molecule has 27 heavy (non-hydrogen) atoms. The number of rotatable bonds is 9. The molecule has 7 nitrogen and oxygen atoms in total. The van der Waals surface area contributed by atoms with Crippen molar-refractivity contribution in [1.82, 2.24) is 24.6 Å². The lowest BCUT2D eigenvalue weighted by Crippen LogP contribution is -2.28. The quantitative estimate of drug-likeness (QED) is 0.451. The van der Waals surface area contributed by atoms with Crippen molar-refractivity contribution >= 4 is 28.6 Å². The maximum atomic E-state index is 11.9. The second-order valence-corrected chi connectivity index (χ2v) is 6.97. The Balaban J connectivity index is 1.84. The largest absolute Gasteiger partial charge is 0.383 e. The number of amides is 1. The Morgan fingerprint density at radius 2 is 2.04 bits per heavy atom. The molecule has 0 aliphatic heterocycles. The Morgan fingerprint density at radius 3 is 2.78 bits per heavy atom. The molecule has 0 bridgehead atoms. The molecule has 144 valence electrons. The first-order valence-corrected chi connectivity index (χ1v) is 10.1. The molecule has 1 N–H and O–H groups in total. The fraction of sp³-hybridized carbons (Fsp3) is 0.421.